The zero-order valence-corrected chi connectivity index (χ0v) is 36.7. The monoisotopic (exact) mass is 823 g/mol. The number of rotatable bonds is 13. The quantitative estimate of drug-likeness (QED) is 0.111. The maximum atomic E-state index is 12.5. The minimum atomic E-state index is -0.965. The highest BCUT2D eigenvalue weighted by Gasteiger charge is 2.30. The molecule has 1 fully saturated rings. The first-order valence-corrected chi connectivity index (χ1v) is 20.9. The number of nitrogens with zero attached hydrogens (tertiary/aromatic N) is 6. The number of carbonyl (C=O) groups is 1. The fourth-order valence-corrected chi connectivity index (χ4v) is 9.31. The minimum absolute atomic E-state index is 0.0301. The Kier molecular flexibility index (Phi) is 12.2. The number of carboxylic acids is 1. The highest BCUT2D eigenvalue weighted by molar-refractivity contribution is 6.35. The Labute approximate surface area is 351 Å². The third-order valence-corrected chi connectivity index (χ3v) is 12.6. The second kappa shape index (κ2) is 17.0. The molecule has 0 radical (unpaired) electrons. The van der Waals surface area contributed by atoms with Crippen LogP contribution in [0, 0.1) is 34.6 Å². The van der Waals surface area contributed by atoms with Crippen molar-refractivity contribution in [2.24, 2.45) is 7.05 Å². The first-order chi connectivity index (χ1) is 27.7. The van der Waals surface area contributed by atoms with Gasteiger partial charge in [-0.3, -0.25) is 4.90 Å². The molecule has 1 aliphatic heterocycles. The van der Waals surface area contributed by atoms with Gasteiger partial charge in [0.1, 0.15) is 17.3 Å². The van der Waals surface area contributed by atoms with Crippen LogP contribution in [0.2, 0.25) is 10.0 Å². The highest BCUT2D eigenvalue weighted by Crippen LogP contribution is 2.47. The maximum absolute atomic E-state index is 12.5. The predicted octanol–water partition coefficient (Wildman–Crippen LogP) is 9.34. The molecule has 12 heteroatoms. The van der Waals surface area contributed by atoms with Gasteiger partial charge in [0.15, 0.2) is 0 Å². The van der Waals surface area contributed by atoms with Crippen LogP contribution in [-0.4, -0.2) is 93.4 Å². The number of aromatic nitrogens is 4. The van der Waals surface area contributed by atoms with Gasteiger partial charge < -0.3 is 29.2 Å². The SMILES string of the molecule is CNC[C@@H](C)n1c(-c2cc(C)cc3cc(C(=O)O)n(C)c23)c(CCCOc2cc(C)c(Cl)c(C)c2)c2ccc(Cl)c(-c3c(C)nc(CN4CCN(C)CC4)nc3C)c21. The summed E-state index contributed by atoms with van der Waals surface area (Å²) in [6.45, 7) is 18.3. The van der Waals surface area contributed by atoms with Crippen molar-refractivity contribution in [1.82, 2.24) is 34.2 Å². The molecule has 1 atom stereocenters. The molecule has 4 heterocycles. The molecule has 10 nitrogen and oxygen atoms in total. The molecule has 0 saturated carbocycles. The number of ether oxygens (including phenoxy) is 1. The molecule has 2 N–H and O–H groups in total. The van der Waals surface area contributed by atoms with E-state index in [1.165, 1.54) is 0 Å². The molecule has 6 aromatic rings. The second-order valence-corrected chi connectivity index (χ2v) is 16.9. The summed E-state index contributed by atoms with van der Waals surface area (Å²) in [6.07, 6.45) is 1.43. The van der Waals surface area contributed by atoms with Crippen molar-refractivity contribution in [3.8, 4) is 28.1 Å². The number of benzene rings is 3. The Balaban J connectivity index is 1.45. The fourth-order valence-electron chi connectivity index (χ4n) is 8.95. The lowest BCUT2D eigenvalue weighted by Crippen LogP contribution is -2.44. The minimum Gasteiger partial charge on any atom is -0.494 e. The van der Waals surface area contributed by atoms with Gasteiger partial charge >= 0.3 is 5.97 Å². The van der Waals surface area contributed by atoms with E-state index >= 15 is 0 Å². The Morgan fingerprint density at radius 2 is 1.59 bits per heavy atom. The van der Waals surface area contributed by atoms with E-state index in [4.69, 9.17) is 37.9 Å². The number of nitrogens with one attached hydrogen (secondary N) is 1. The number of hydrogen-bond donors (Lipinski definition) is 2. The molecule has 0 unspecified atom stereocenters. The molecule has 306 valence electrons. The van der Waals surface area contributed by atoms with Crippen molar-refractivity contribution in [2.75, 3.05) is 53.4 Å². The van der Waals surface area contributed by atoms with Crippen molar-refractivity contribution < 1.29 is 14.6 Å². The van der Waals surface area contributed by atoms with Gasteiger partial charge in [-0.2, -0.15) is 0 Å². The van der Waals surface area contributed by atoms with Crippen LogP contribution in [0.15, 0.2) is 42.5 Å². The van der Waals surface area contributed by atoms with Gasteiger partial charge in [0.2, 0.25) is 0 Å². The van der Waals surface area contributed by atoms with E-state index in [0.29, 0.717) is 31.1 Å². The van der Waals surface area contributed by atoms with Gasteiger partial charge in [0, 0.05) is 89.7 Å². The molecule has 3 aromatic heterocycles. The van der Waals surface area contributed by atoms with E-state index in [1.54, 1.807) is 6.07 Å². The van der Waals surface area contributed by atoms with Crippen LogP contribution < -0.4 is 10.1 Å². The Bertz CT molecular complexity index is 2490. The van der Waals surface area contributed by atoms with Crippen LogP contribution in [0.1, 0.15) is 69.3 Å². The van der Waals surface area contributed by atoms with Crippen molar-refractivity contribution in [3.05, 3.63) is 97.7 Å². The van der Waals surface area contributed by atoms with E-state index in [2.05, 4.69) is 72.6 Å². The summed E-state index contributed by atoms with van der Waals surface area (Å²) in [4.78, 5) is 27.5. The third kappa shape index (κ3) is 7.97. The van der Waals surface area contributed by atoms with E-state index in [1.807, 2.05) is 50.7 Å². The average Bonchev–Trinajstić information content (AvgIpc) is 3.68. The Hall–Kier alpha value is -4.45. The van der Waals surface area contributed by atoms with Crippen molar-refractivity contribution in [3.63, 3.8) is 0 Å². The predicted molar refractivity (Wildman–Crippen MR) is 237 cm³/mol. The lowest BCUT2D eigenvalue weighted by molar-refractivity contribution is 0.0687. The van der Waals surface area contributed by atoms with E-state index in [-0.39, 0.29) is 11.7 Å². The van der Waals surface area contributed by atoms with Crippen molar-refractivity contribution >= 4 is 51.0 Å². The van der Waals surface area contributed by atoms with Crippen molar-refractivity contribution in [1.29, 1.82) is 0 Å². The second-order valence-electron chi connectivity index (χ2n) is 16.2. The zero-order valence-electron chi connectivity index (χ0n) is 35.2. The highest BCUT2D eigenvalue weighted by atomic mass is 35.5. The van der Waals surface area contributed by atoms with Crippen LogP contribution >= 0.6 is 23.2 Å². The maximum Gasteiger partial charge on any atom is 0.352 e. The van der Waals surface area contributed by atoms with Crippen LogP contribution in [0.3, 0.4) is 0 Å². The van der Waals surface area contributed by atoms with Crippen LogP contribution in [0.4, 0.5) is 0 Å². The van der Waals surface area contributed by atoms with E-state index in [9.17, 15) is 9.90 Å². The number of aryl methyl sites for hydroxylation is 7. The number of fused-ring (bicyclic) bond motifs is 2. The van der Waals surface area contributed by atoms with Gasteiger partial charge in [-0.15, -0.1) is 0 Å². The molecule has 7 rings (SSSR count). The molecule has 0 bridgehead atoms. The Morgan fingerprint density at radius 3 is 2.22 bits per heavy atom. The molecule has 58 heavy (non-hydrogen) atoms. The number of hydrogen-bond acceptors (Lipinski definition) is 7. The smallest absolute Gasteiger partial charge is 0.352 e. The zero-order chi connectivity index (χ0) is 41.6. The summed E-state index contributed by atoms with van der Waals surface area (Å²) in [7, 11) is 5.97. The van der Waals surface area contributed by atoms with Crippen LogP contribution in [0.5, 0.6) is 5.75 Å². The third-order valence-electron chi connectivity index (χ3n) is 11.7. The fraction of sp³-hybridized carbons (Fsp3) is 0.413. The average molecular weight is 825 g/mol. The lowest BCUT2D eigenvalue weighted by Gasteiger charge is -2.31. The Morgan fingerprint density at radius 1 is 0.914 bits per heavy atom. The van der Waals surface area contributed by atoms with Gasteiger partial charge in [-0.1, -0.05) is 29.3 Å². The summed E-state index contributed by atoms with van der Waals surface area (Å²) in [5, 5.41) is 17.0. The number of piperazine rings is 1. The summed E-state index contributed by atoms with van der Waals surface area (Å²) in [6, 6.07) is 14.1. The summed E-state index contributed by atoms with van der Waals surface area (Å²) < 4.78 is 10.6. The molecule has 1 aliphatic rings. The van der Waals surface area contributed by atoms with Gasteiger partial charge in [-0.05, 0) is 127 Å². The molecule has 0 amide bonds. The lowest BCUT2D eigenvalue weighted by atomic mass is 9.96. The van der Waals surface area contributed by atoms with Crippen molar-refractivity contribution in [2.45, 2.75) is 67.0 Å². The van der Waals surface area contributed by atoms with Gasteiger partial charge in [0.05, 0.1) is 34.9 Å². The molecule has 0 aliphatic carbocycles. The molecular formula is C46H55Cl2N7O3. The first kappa shape index (κ1) is 41.7. The molecular weight excluding hydrogens is 769 g/mol. The number of carboxylic acid groups (broad SMARTS) is 1. The normalized spacial score (nSPS) is 14.5. The molecule has 1 saturated heterocycles. The van der Waals surface area contributed by atoms with Crippen LogP contribution in [-0.2, 0) is 20.0 Å². The molecule has 3 aromatic carbocycles. The first-order valence-electron chi connectivity index (χ1n) is 20.2. The number of aromatic carboxylic acids is 1. The van der Waals surface area contributed by atoms with Gasteiger partial charge in [-0.25, -0.2) is 14.8 Å². The summed E-state index contributed by atoms with van der Waals surface area (Å²) in [5.74, 6) is 0.650. The van der Waals surface area contributed by atoms with E-state index < -0.39 is 5.97 Å². The summed E-state index contributed by atoms with van der Waals surface area (Å²) >= 11 is 13.8. The topological polar surface area (TPSA) is 101 Å². The van der Waals surface area contributed by atoms with Gasteiger partial charge in [0.25, 0.3) is 0 Å². The summed E-state index contributed by atoms with van der Waals surface area (Å²) in [5.41, 5.74) is 11.9. The van der Waals surface area contributed by atoms with E-state index in [0.717, 1.165) is 127 Å². The molecule has 0 spiro atoms. The standard InChI is InChI=1S/C46H55Cl2N7O3/c1-26-19-32-23-38(46(56)57)53(9)43(32)36(20-26)44-34(11-10-18-58-33-21-27(2)42(48)28(3)22-33)35-12-13-37(47)41(45(35)55(44)29(4)24-49-7)40-30(5)50-39(51-31(40)6)25-54-16-14-52(8)15-17-54/h12-13,19-23,29,49H,10-11,14-18,24-25H2,1-9H3,(H,56,57)/t29-/m1/s1. The van der Waals surface area contributed by atoms with Crippen LogP contribution in [0.25, 0.3) is 44.2 Å². The number of halogens is 2. The largest absolute Gasteiger partial charge is 0.494 e. The number of likely N-dealkylation sites (N-methyl/N-ethyl adjacent to an activating group) is 2.